The van der Waals surface area contributed by atoms with Gasteiger partial charge in [-0.1, -0.05) is 146 Å². The van der Waals surface area contributed by atoms with E-state index in [1.165, 1.54) is 43.5 Å². The number of nitrogens with zero attached hydrogens (tertiary/aromatic N) is 2. The number of hydrogen-bond donors (Lipinski definition) is 0. The summed E-state index contributed by atoms with van der Waals surface area (Å²) in [5, 5.41) is 1.17. The quantitative estimate of drug-likeness (QED) is 0.180. The highest BCUT2D eigenvalue weighted by atomic mass is 32.1. The van der Waals surface area contributed by atoms with E-state index in [4.69, 9.17) is 9.97 Å². The minimum atomic E-state index is 0.732. The average Bonchev–Trinajstić information content (AvgIpc) is 3.57. The maximum atomic E-state index is 5.21. The monoisotopic (exact) mass is 642 g/mol. The Labute approximate surface area is 289 Å². The Hall–Kier alpha value is -6.16. The van der Waals surface area contributed by atoms with Crippen molar-refractivity contribution in [2.75, 3.05) is 0 Å². The molecule has 2 heterocycles. The Morgan fingerprint density at radius 3 is 1.37 bits per heavy atom. The zero-order valence-corrected chi connectivity index (χ0v) is 27.4. The summed E-state index contributed by atoms with van der Waals surface area (Å²) in [5.74, 6) is 0.732. The molecule has 2 aromatic heterocycles. The minimum Gasteiger partial charge on any atom is -0.226 e. The summed E-state index contributed by atoms with van der Waals surface area (Å²) in [6.07, 6.45) is 0. The second kappa shape index (κ2) is 12.5. The van der Waals surface area contributed by atoms with Crippen LogP contribution >= 0.6 is 11.3 Å². The molecule has 0 bridgehead atoms. The van der Waals surface area contributed by atoms with Crippen LogP contribution in [0.25, 0.3) is 87.5 Å². The van der Waals surface area contributed by atoms with Gasteiger partial charge in [-0.25, -0.2) is 9.97 Å². The Morgan fingerprint density at radius 2 is 0.755 bits per heavy atom. The Kier molecular flexibility index (Phi) is 7.38. The van der Waals surface area contributed by atoms with Crippen molar-refractivity contribution >= 4 is 31.6 Å². The molecule has 0 saturated carbocycles. The van der Waals surface area contributed by atoms with Gasteiger partial charge in [0.2, 0.25) is 0 Å². The van der Waals surface area contributed by atoms with Gasteiger partial charge in [0.25, 0.3) is 0 Å². The Balaban J connectivity index is 1.15. The maximum Gasteiger partial charge on any atom is 0.160 e. The van der Waals surface area contributed by atoms with E-state index in [1.807, 2.05) is 6.07 Å². The number of rotatable bonds is 6. The molecule has 49 heavy (non-hydrogen) atoms. The third kappa shape index (κ3) is 5.61. The van der Waals surface area contributed by atoms with Crippen molar-refractivity contribution in [3.05, 3.63) is 182 Å². The summed E-state index contributed by atoms with van der Waals surface area (Å²) in [7, 11) is 0. The smallest absolute Gasteiger partial charge is 0.160 e. The van der Waals surface area contributed by atoms with Crippen LogP contribution < -0.4 is 0 Å². The van der Waals surface area contributed by atoms with E-state index in [-0.39, 0.29) is 0 Å². The van der Waals surface area contributed by atoms with Gasteiger partial charge in [-0.3, -0.25) is 0 Å². The van der Waals surface area contributed by atoms with Crippen LogP contribution in [0.1, 0.15) is 0 Å². The molecule has 0 aliphatic rings. The topological polar surface area (TPSA) is 25.8 Å². The highest BCUT2D eigenvalue weighted by Gasteiger charge is 2.17. The molecular formula is C46H30N2S. The van der Waals surface area contributed by atoms with Crippen molar-refractivity contribution in [1.82, 2.24) is 9.97 Å². The zero-order chi connectivity index (χ0) is 32.6. The molecular weight excluding hydrogens is 613 g/mol. The first-order valence-corrected chi connectivity index (χ1v) is 17.3. The van der Waals surface area contributed by atoms with Crippen molar-refractivity contribution in [1.29, 1.82) is 0 Å². The molecule has 0 spiro atoms. The van der Waals surface area contributed by atoms with E-state index in [9.17, 15) is 0 Å². The Bertz CT molecular complexity index is 2530. The van der Waals surface area contributed by atoms with Gasteiger partial charge < -0.3 is 0 Å². The average molecular weight is 643 g/mol. The zero-order valence-electron chi connectivity index (χ0n) is 26.6. The molecule has 9 aromatic rings. The molecule has 0 radical (unpaired) electrons. The normalized spacial score (nSPS) is 11.3. The Morgan fingerprint density at radius 1 is 0.327 bits per heavy atom. The second-order valence-corrected chi connectivity index (χ2v) is 13.3. The highest BCUT2D eigenvalue weighted by molar-refractivity contribution is 7.26. The predicted octanol–water partition coefficient (Wildman–Crippen LogP) is 12.8. The molecule has 0 aliphatic heterocycles. The molecule has 230 valence electrons. The third-order valence-electron chi connectivity index (χ3n) is 9.06. The summed E-state index contributed by atoms with van der Waals surface area (Å²) >= 11 is 1.76. The van der Waals surface area contributed by atoms with Crippen molar-refractivity contribution in [2.24, 2.45) is 0 Å². The summed E-state index contributed by atoms with van der Waals surface area (Å²) < 4.78 is 2.34. The van der Waals surface area contributed by atoms with E-state index in [2.05, 4.69) is 176 Å². The lowest BCUT2D eigenvalue weighted by molar-refractivity contribution is 1.24. The van der Waals surface area contributed by atoms with Crippen molar-refractivity contribution in [2.45, 2.75) is 0 Å². The van der Waals surface area contributed by atoms with Crippen LogP contribution in [0, 0.1) is 0 Å². The molecule has 0 aliphatic carbocycles. The lowest BCUT2D eigenvalue weighted by Crippen LogP contribution is -1.94. The third-order valence-corrected chi connectivity index (χ3v) is 10.2. The molecule has 0 fully saturated rings. The molecule has 7 aromatic carbocycles. The number of hydrogen-bond acceptors (Lipinski definition) is 3. The van der Waals surface area contributed by atoms with E-state index < -0.39 is 0 Å². The van der Waals surface area contributed by atoms with Gasteiger partial charge in [-0.05, 0) is 80.9 Å². The largest absolute Gasteiger partial charge is 0.226 e. The maximum absolute atomic E-state index is 5.21. The van der Waals surface area contributed by atoms with Crippen molar-refractivity contribution < 1.29 is 0 Å². The van der Waals surface area contributed by atoms with Gasteiger partial charge in [0.15, 0.2) is 5.82 Å². The fourth-order valence-electron chi connectivity index (χ4n) is 6.62. The lowest BCUT2D eigenvalue weighted by Gasteiger charge is -2.13. The molecule has 0 atom stereocenters. The predicted molar refractivity (Wildman–Crippen MR) is 208 cm³/mol. The van der Waals surface area contributed by atoms with Gasteiger partial charge in [0.1, 0.15) is 0 Å². The number of benzene rings is 7. The van der Waals surface area contributed by atoms with E-state index >= 15 is 0 Å². The lowest BCUT2D eigenvalue weighted by atomic mass is 9.92. The second-order valence-electron chi connectivity index (χ2n) is 12.2. The van der Waals surface area contributed by atoms with Gasteiger partial charge in [-0.2, -0.15) is 0 Å². The van der Waals surface area contributed by atoms with Gasteiger partial charge in [-0.15, -0.1) is 11.3 Å². The molecule has 9 rings (SSSR count). The summed E-state index contributed by atoms with van der Waals surface area (Å²) in [6, 6.07) is 64.6. The van der Waals surface area contributed by atoms with Crippen LogP contribution in [-0.4, -0.2) is 9.97 Å². The number of fused-ring (bicyclic) bond motifs is 3. The molecule has 0 amide bonds. The summed E-state index contributed by atoms with van der Waals surface area (Å²) in [4.78, 5) is 10.4. The summed E-state index contributed by atoms with van der Waals surface area (Å²) in [6.45, 7) is 0. The van der Waals surface area contributed by atoms with Crippen molar-refractivity contribution in [3.8, 4) is 67.2 Å². The number of aromatic nitrogens is 2. The van der Waals surface area contributed by atoms with E-state index in [1.54, 1.807) is 11.3 Å². The first-order valence-electron chi connectivity index (χ1n) is 16.5. The highest BCUT2D eigenvalue weighted by Crippen LogP contribution is 2.40. The van der Waals surface area contributed by atoms with Crippen molar-refractivity contribution in [3.63, 3.8) is 0 Å². The summed E-state index contributed by atoms with van der Waals surface area (Å²) in [5.41, 5.74) is 13.5. The van der Waals surface area contributed by atoms with Crippen LogP contribution in [0.4, 0.5) is 0 Å². The van der Waals surface area contributed by atoms with Crippen LogP contribution in [0.15, 0.2) is 182 Å². The van der Waals surface area contributed by atoms with E-state index in [0.29, 0.717) is 0 Å². The molecule has 2 nitrogen and oxygen atoms in total. The van der Waals surface area contributed by atoms with Crippen LogP contribution in [-0.2, 0) is 0 Å². The van der Waals surface area contributed by atoms with Gasteiger partial charge in [0, 0.05) is 21.2 Å². The fraction of sp³-hybridized carbons (Fsp3) is 0. The first-order chi connectivity index (χ1) is 24.3. The van der Waals surface area contributed by atoms with Crippen LogP contribution in [0.3, 0.4) is 0 Å². The molecule has 0 saturated heterocycles. The SMILES string of the molecule is c1ccc(-c2cc(-c3ccccc3)cc(-c3cccc(-c4cccc(-c5nc(-c6ccccc6)c6sc7ccccc7c6n5)c4)c3)c2)cc1. The standard InChI is InChI=1S/C46H30N2S/c1-4-14-31(15-5-1)38-28-39(32-16-6-2-7-17-32)30-40(29-38)36-22-12-20-34(26-36)35-21-13-23-37(27-35)46-47-43(33-18-8-3-9-19-33)45-44(48-46)41-24-10-11-25-42(41)49-45/h1-30H. The van der Waals surface area contributed by atoms with E-state index in [0.717, 1.165) is 44.0 Å². The molecule has 3 heteroatoms. The first kappa shape index (κ1) is 29.0. The fourth-order valence-corrected chi connectivity index (χ4v) is 7.77. The molecule has 0 unspecified atom stereocenters. The molecule has 0 N–H and O–H groups in total. The van der Waals surface area contributed by atoms with Crippen LogP contribution in [0.5, 0.6) is 0 Å². The number of thiophene rings is 1. The minimum absolute atomic E-state index is 0.732. The van der Waals surface area contributed by atoms with Gasteiger partial charge >= 0.3 is 0 Å². The van der Waals surface area contributed by atoms with Gasteiger partial charge in [0.05, 0.1) is 15.9 Å². The van der Waals surface area contributed by atoms with Crippen LogP contribution in [0.2, 0.25) is 0 Å².